The Hall–Kier alpha value is -2.31. The Morgan fingerprint density at radius 1 is 1.30 bits per heavy atom. The predicted octanol–water partition coefficient (Wildman–Crippen LogP) is 3.75. The van der Waals surface area contributed by atoms with Gasteiger partial charge in [-0.25, -0.2) is 4.98 Å². The summed E-state index contributed by atoms with van der Waals surface area (Å²) in [6.07, 6.45) is 0.805. The number of hydrogen-bond donors (Lipinski definition) is 1. The lowest BCUT2D eigenvalue weighted by Crippen LogP contribution is -2.54. The Balaban J connectivity index is 1.27. The highest BCUT2D eigenvalue weighted by molar-refractivity contribution is 7.22. The van der Waals surface area contributed by atoms with Crippen LogP contribution < -0.4 is 15.0 Å². The van der Waals surface area contributed by atoms with E-state index < -0.39 is 0 Å². The molecule has 0 atom stereocenters. The van der Waals surface area contributed by atoms with E-state index in [-0.39, 0.29) is 11.8 Å². The zero-order chi connectivity index (χ0) is 18.8. The second-order valence-electron chi connectivity index (χ2n) is 6.60. The first-order chi connectivity index (χ1) is 13.1. The van der Waals surface area contributed by atoms with E-state index in [1.54, 1.807) is 18.4 Å². The van der Waals surface area contributed by atoms with E-state index in [0.29, 0.717) is 19.6 Å². The van der Waals surface area contributed by atoms with Gasteiger partial charge in [-0.3, -0.25) is 4.79 Å². The average Bonchev–Trinajstić information content (AvgIpc) is 3.04. The van der Waals surface area contributed by atoms with Gasteiger partial charge >= 0.3 is 0 Å². The van der Waals surface area contributed by atoms with Gasteiger partial charge in [-0.15, -0.1) is 0 Å². The van der Waals surface area contributed by atoms with Crippen LogP contribution in [-0.4, -0.2) is 37.6 Å². The fourth-order valence-electron chi connectivity index (χ4n) is 3.08. The molecule has 2 aromatic carbocycles. The number of amides is 1. The van der Waals surface area contributed by atoms with Crippen molar-refractivity contribution in [1.29, 1.82) is 0 Å². The maximum Gasteiger partial charge on any atom is 0.226 e. The monoisotopic (exact) mass is 401 g/mol. The lowest BCUT2D eigenvalue weighted by Gasteiger charge is -2.37. The minimum absolute atomic E-state index is 0.0248. The predicted molar refractivity (Wildman–Crippen MR) is 110 cm³/mol. The first-order valence-corrected chi connectivity index (χ1v) is 10.0. The fraction of sp³-hybridized carbons (Fsp3) is 0.300. The Bertz CT molecular complexity index is 952. The van der Waals surface area contributed by atoms with Crippen LogP contribution in [0.5, 0.6) is 5.75 Å². The summed E-state index contributed by atoms with van der Waals surface area (Å²) in [5.41, 5.74) is 2.10. The topological polar surface area (TPSA) is 54.5 Å². The van der Waals surface area contributed by atoms with E-state index in [1.807, 2.05) is 42.5 Å². The summed E-state index contributed by atoms with van der Waals surface area (Å²) in [6.45, 7) is 2.06. The van der Waals surface area contributed by atoms with Crippen molar-refractivity contribution in [3.63, 3.8) is 0 Å². The Kier molecular flexibility index (Phi) is 5.18. The molecule has 4 rings (SSSR count). The highest BCUT2D eigenvalue weighted by Gasteiger charge is 2.34. The van der Waals surface area contributed by atoms with Crippen LogP contribution in [0.3, 0.4) is 0 Å². The molecule has 1 saturated heterocycles. The van der Waals surface area contributed by atoms with Gasteiger partial charge in [0, 0.05) is 30.7 Å². The summed E-state index contributed by atoms with van der Waals surface area (Å²) in [5.74, 6) is 0.945. The quantitative estimate of drug-likeness (QED) is 0.683. The molecule has 0 unspecified atom stereocenters. The third kappa shape index (κ3) is 4.01. The van der Waals surface area contributed by atoms with Crippen molar-refractivity contribution in [3.8, 4) is 5.75 Å². The smallest absolute Gasteiger partial charge is 0.226 e. The molecular weight excluding hydrogens is 382 g/mol. The number of nitrogens with zero attached hydrogens (tertiary/aromatic N) is 2. The largest absolute Gasteiger partial charge is 0.497 e. The summed E-state index contributed by atoms with van der Waals surface area (Å²) in [4.78, 5) is 19.1. The van der Waals surface area contributed by atoms with E-state index in [1.165, 1.54) is 5.56 Å². The van der Waals surface area contributed by atoms with Crippen molar-refractivity contribution >= 4 is 44.2 Å². The van der Waals surface area contributed by atoms with E-state index in [0.717, 1.165) is 32.5 Å². The lowest BCUT2D eigenvalue weighted by atomic mass is 10.00. The third-order valence-corrected chi connectivity index (χ3v) is 6.08. The summed E-state index contributed by atoms with van der Waals surface area (Å²) in [6, 6.07) is 13.6. The van der Waals surface area contributed by atoms with Gasteiger partial charge in [0.1, 0.15) is 5.75 Å². The lowest BCUT2D eigenvalue weighted by molar-refractivity contribution is -0.125. The molecule has 1 amide bonds. The zero-order valence-electron chi connectivity index (χ0n) is 14.9. The van der Waals surface area contributed by atoms with Gasteiger partial charge in [0.25, 0.3) is 0 Å². The number of hydrogen-bond acceptors (Lipinski definition) is 5. The SMILES string of the molecule is COc1ccc2sc(N3CC(C(=O)NCCc4ccc(Cl)cc4)C3)nc2c1. The number of aromatic nitrogens is 1. The molecule has 0 saturated carbocycles. The molecule has 1 fully saturated rings. The molecule has 1 aromatic heterocycles. The van der Waals surface area contributed by atoms with Gasteiger partial charge in [-0.1, -0.05) is 35.1 Å². The number of rotatable bonds is 6. The Morgan fingerprint density at radius 2 is 2.07 bits per heavy atom. The zero-order valence-corrected chi connectivity index (χ0v) is 16.5. The summed E-state index contributed by atoms with van der Waals surface area (Å²) in [5, 5.41) is 4.72. The number of nitrogens with one attached hydrogen (secondary N) is 1. The van der Waals surface area contributed by atoms with Crippen LogP contribution in [0.2, 0.25) is 5.02 Å². The average molecular weight is 402 g/mol. The highest BCUT2D eigenvalue weighted by Crippen LogP contribution is 2.34. The molecule has 7 heteroatoms. The number of carbonyl (C=O) groups excluding carboxylic acids is 1. The highest BCUT2D eigenvalue weighted by atomic mass is 35.5. The molecule has 3 aromatic rings. The van der Waals surface area contributed by atoms with Crippen molar-refractivity contribution in [3.05, 3.63) is 53.1 Å². The van der Waals surface area contributed by atoms with E-state index in [4.69, 9.17) is 16.3 Å². The van der Waals surface area contributed by atoms with E-state index in [2.05, 4.69) is 15.2 Å². The molecule has 1 N–H and O–H groups in total. The van der Waals surface area contributed by atoms with Crippen LogP contribution in [0, 0.1) is 5.92 Å². The van der Waals surface area contributed by atoms with Crippen molar-refractivity contribution < 1.29 is 9.53 Å². The number of methoxy groups -OCH3 is 1. The summed E-state index contributed by atoms with van der Waals surface area (Å²) >= 11 is 7.53. The fourth-order valence-corrected chi connectivity index (χ4v) is 4.17. The number of ether oxygens (including phenoxy) is 1. The standard InChI is InChI=1S/C20H20ClN3O2S/c1-26-16-6-7-18-17(10-16)23-20(27-18)24-11-14(12-24)19(25)22-9-8-13-2-4-15(21)5-3-13/h2-7,10,14H,8-9,11-12H2,1H3,(H,22,25). The third-order valence-electron chi connectivity index (χ3n) is 4.73. The Labute approximate surface area is 166 Å². The second-order valence-corrected chi connectivity index (χ2v) is 8.05. The van der Waals surface area contributed by atoms with E-state index in [9.17, 15) is 4.79 Å². The molecule has 2 heterocycles. The maximum absolute atomic E-state index is 12.3. The van der Waals surface area contributed by atoms with Crippen LogP contribution in [0.4, 0.5) is 5.13 Å². The summed E-state index contributed by atoms with van der Waals surface area (Å²) < 4.78 is 6.37. The normalized spacial score (nSPS) is 14.2. The maximum atomic E-state index is 12.3. The molecule has 1 aliphatic heterocycles. The minimum Gasteiger partial charge on any atom is -0.497 e. The molecular formula is C20H20ClN3O2S. The van der Waals surface area contributed by atoms with E-state index >= 15 is 0 Å². The molecule has 0 aliphatic carbocycles. The molecule has 0 spiro atoms. The van der Waals surface area contributed by atoms with Gasteiger partial charge in [0.05, 0.1) is 23.2 Å². The molecule has 0 bridgehead atoms. The first-order valence-electron chi connectivity index (χ1n) is 8.84. The van der Waals surface area contributed by atoms with Gasteiger partial charge in [0.15, 0.2) is 5.13 Å². The van der Waals surface area contributed by atoms with Gasteiger partial charge < -0.3 is 15.0 Å². The molecule has 0 radical (unpaired) electrons. The summed E-state index contributed by atoms with van der Waals surface area (Å²) in [7, 11) is 1.65. The van der Waals surface area contributed by atoms with Gasteiger partial charge in [-0.05, 0) is 36.2 Å². The second kappa shape index (κ2) is 7.74. The van der Waals surface area contributed by atoms with Crippen molar-refractivity contribution in [2.24, 2.45) is 5.92 Å². The van der Waals surface area contributed by atoms with Crippen LogP contribution in [0.1, 0.15) is 5.56 Å². The number of benzene rings is 2. The number of carbonyl (C=O) groups is 1. The number of halogens is 1. The number of fused-ring (bicyclic) bond motifs is 1. The van der Waals surface area contributed by atoms with Crippen molar-refractivity contribution in [2.75, 3.05) is 31.6 Å². The Morgan fingerprint density at radius 3 is 2.81 bits per heavy atom. The van der Waals surface area contributed by atoms with Crippen LogP contribution in [0.15, 0.2) is 42.5 Å². The molecule has 27 heavy (non-hydrogen) atoms. The van der Waals surface area contributed by atoms with Crippen molar-refractivity contribution in [2.45, 2.75) is 6.42 Å². The number of thiazole rings is 1. The van der Waals surface area contributed by atoms with Crippen molar-refractivity contribution in [1.82, 2.24) is 10.3 Å². The molecule has 5 nitrogen and oxygen atoms in total. The van der Waals surface area contributed by atoms with Crippen LogP contribution in [-0.2, 0) is 11.2 Å². The number of anilines is 1. The minimum atomic E-state index is 0.0248. The van der Waals surface area contributed by atoms with Crippen LogP contribution >= 0.6 is 22.9 Å². The first kappa shape index (κ1) is 18.1. The molecule has 1 aliphatic rings. The van der Waals surface area contributed by atoms with Gasteiger partial charge in [0.2, 0.25) is 5.91 Å². The van der Waals surface area contributed by atoms with Crippen LogP contribution in [0.25, 0.3) is 10.2 Å². The van der Waals surface area contributed by atoms with Gasteiger partial charge in [-0.2, -0.15) is 0 Å². The molecule has 140 valence electrons.